The fraction of sp³-hybridized carbons (Fsp3) is 0.412. The highest BCUT2D eigenvalue weighted by atomic mass is 32.1. The average molecular weight is 346 g/mol. The summed E-state index contributed by atoms with van der Waals surface area (Å²) in [6.07, 6.45) is 4.02. The highest BCUT2D eigenvalue weighted by molar-refractivity contribution is 7.10. The Morgan fingerprint density at radius 3 is 2.88 bits per heavy atom. The second-order valence-corrected chi connectivity index (χ2v) is 7.08. The van der Waals surface area contributed by atoms with E-state index in [-0.39, 0.29) is 12.6 Å². The van der Waals surface area contributed by atoms with Crippen molar-refractivity contribution in [1.29, 1.82) is 0 Å². The molecule has 24 heavy (non-hydrogen) atoms. The molecule has 1 fully saturated rings. The number of aromatic nitrogens is 1. The van der Waals surface area contributed by atoms with Gasteiger partial charge < -0.3 is 20.6 Å². The number of pyridine rings is 1. The fourth-order valence-electron chi connectivity index (χ4n) is 2.77. The Morgan fingerprint density at radius 1 is 1.38 bits per heavy atom. The summed E-state index contributed by atoms with van der Waals surface area (Å²) in [5.74, 6) is 0.801. The normalized spacial score (nSPS) is 16.7. The molecule has 0 saturated carbocycles. The van der Waals surface area contributed by atoms with Crippen molar-refractivity contribution < 1.29 is 9.90 Å². The van der Waals surface area contributed by atoms with Gasteiger partial charge in [-0.1, -0.05) is 6.07 Å². The quantitative estimate of drug-likeness (QED) is 0.778. The van der Waals surface area contributed by atoms with Gasteiger partial charge in [0.1, 0.15) is 5.60 Å². The van der Waals surface area contributed by atoms with Crippen LogP contribution in [0.2, 0.25) is 0 Å². The van der Waals surface area contributed by atoms with Crippen LogP contribution in [0.4, 0.5) is 16.3 Å². The maximum Gasteiger partial charge on any atom is 0.319 e. The number of hydrogen-bond donors (Lipinski definition) is 3. The van der Waals surface area contributed by atoms with Gasteiger partial charge in [-0.2, -0.15) is 0 Å². The molecule has 3 N–H and O–H groups in total. The molecule has 0 radical (unpaired) electrons. The van der Waals surface area contributed by atoms with Crippen LogP contribution in [0, 0.1) is 0 Å². The zero-order chi connectivity index (χ0) is 17.0. The maximum atomic E-state index is 12.2. The third kappa shape index (κ3) is 3.85. The number of carbonyl (C=O) groups excluding carboxylic acids is 1. The van der Waals surface area contributed by atoms with Crippen molar-refractivity contribution in [1.82, 2.24) is 10.3 Å². The minimum absolute atomic E-state index is 0.138. The van der Waals surface area contributed by atoms with E-state index in [9.17, 15) is 9.90 Å². The van der Waals surface area contributed by atoms with E-state index in [1.165, 1.54) is 11.3 Å². The van der Waals surface area contributed by atoms with Gasteiger partial charge in [-0.3, -0.25) is 0 Å². The highest BCUT2D eigenvalue weighted by Gasteiger charge is 2.25. The van der Waals surface area contributed by atoms with E-state index in [2.05, 4.69) is 20.5 Å². The van der Waals surface area contributed by atoms with Gasteiger partial charge in [-0.25, -0.2) is 9.78 Å². The Bertz CT molecular complexity index is 682. The number of nitrogens with one attached hydrogen (secondary N) is 2. The van der Waals surface area contributed by atoms with Gasteiger partial charge in [-0.05, 0) is 43.3 Å². The molecule has 3 rings (SSSR count). The first-order valence-electron chi connectivity index (χ1n) is 8.07. The van der Waals surface area contributed by atoms with E-state index in [4.69, 9.17) is 0 Å². The minimum Gasteiger partial charge on any atom is -0.383 e. The molecule has 1 saturated heterocycles. The van der Waals surface area contributed by atoms with Crippen molar-refractivity contribution in [3.05, 3.63) is 40.7 Å². The third-order valence-corrected chi connectivity index (χ3v) is 5.21. The molecule has 0 aliphatic carbocycles. The van der Waals surface area contributed by atoms with Crippen LogP contribution in [0.1, 0.15) is 24.6 Å². The summed E-state index contributed by atoms with van der Waals surface area (Å²) in [5.41, 5.74) is -0.397. The van der Waals surface area contributed by atoms with Crippen LogP contribution in [0.15, 0.2) is 35.8 Å². The summed E-state index contributed by atoms with van der Waals surface area (Å²) in [7, 11) is 0. The first kappa shape index (κ1) is 16.7. The summed E-state index contributed by atoms with van der Waals surface area (Å²) in [6.45, 7) is 3.75. The third-order valence-electron chi connectivity index (χ3n) is 4.09. The molecule has 6 nitrogen and oxygen atoms in total. The molecule has 1 atom stereocenters. The SMILES string of the molecule is CC(O)(CNC(=O)Nc1cccnc1N1CCCC1)c1cccs1. The predicted octanol–water partition coefficient (Wildman–Crippen LogP) is 2.77. The Hall–Kier alpha value is -2.12. The zero-order valence-corrected chi connectivity index (χ0v) is 14.5. The van der Waals surface area contributed by atoms with Crippen molar-refractivity contribution in [3.63, 3.8) is 0 Å². The van der Waals surface area contributed by atoms with E-state index in [0.29, 0.717) is 5.69 Å². The number of amides is 2. The summed E-state index contributed by atoms with van der Waals surface area (Å²) >= 11 is 1.47. The predicted molar refractivity (Wildman–Crippen MR) is 96.6 cm³/mol. The van der Waals surface area contributed by atoms with E-state index in [0.717, 1.165) is 36.6 Å². The molecule has 0 aromatic carbocycles. The van der Waals surface area contributed by atoms with Gasteiger partial charge in [-0.15, -0.1) is 11.3 Å². The lowest BCUT2D eigenvalue weighted by Gasteiger charge is -2.23. The fourth-order valence-corrected chi connectivity index (χ4v) is 3.55. The molecule has 2 aromatic rings. The lowest BCUT2D eigenvalue weighted by molar-refractivity contribution is 0.0637. The lowest BCUT2D eigenvalue weighted by atomic mass is 10.1. The van der Waals surface area contributed by atoms with E-state index in [1.54, 1.807) is 19.2 Å². The van der Waals surface area contributed by atoms with Crippen LogP contribution in [0.25, 0.3) is 0 Å². The van der Waals surface area contributed by atoms with Crippen molar-refractivity contribution in [2.24, 2.45) is 0 Å². The second kappa shape index (κ2) is 7.19. The van der Waals surface area contributed by atoms with Gasteiger partial charge in [0.2, 0.25) is 0 Å². The van der Waals surface area contributed by atoms with E-state index in [1.807, 2.05) is 23.6 Å². The molecule has 3 heterocycles. The second-order valence-electron chi connectivity index (χ2n) is 6.13. The summed E-state index contributed by atoms with van der Waals surface area (Å²) in [5, 5.41) is 17.9. The van der Waals surface area contributed by atoms with Crippen molar-refractivity contribution in [2.75, 3.05) is 29.9 Å². The van der Waals surface area contributed by atoms with Gasteiger partial charge in [0, 0.05) is 24.2 Å². The summed E-state index contributed by atoms with van der Waals surface area (Å²) in [4.78, 5) is 19.6. The van der Waals surface area contributed by atoms with Gasteiger partial charge in [0.25, 0.3) is 0 Å². The minimum atomic E-state index is -1.09. The molecule has 1 aliphatic heterocycles. The molecule has 0 spiro atoms. The van der Waals surface area contributed by atoms with Gasteiger partial charge >= 0.3 is 6.03 Å². The zero-order valence-electron chi connectivity index (χ0n) is 13.7. The van der Waals surface area contributed by atoms with E-state index < -0.39 is 5.60 Å². The van der Waals surface area contributed by atoms with E-state index >= 15 is 0 Å². The first-order chi connectivity index (χ1) is 11.6. The molecule has 128 valence electrons. The maximum absolute atomic E-state index is 12.2. The Balaban J connectivity index is 1.61. The molecule has 2 aromatic heterocycles. The highest BCUT2D eigenvalue weighted by Crippen LogP contribution is 2.26. The van der Waals surface area contributed by atoms with Crippen molar-refractivity contribution >= 4 is 28.9 Å². The van der Waals surface area contributed by atoms with Crippen LogP contribution < -0.4 is 15.5 Å². The molecular formula is C17H22N4O2S. The lowest BCUT2D eigenvalue weighted by Crippen LogP contribution is -2.40. The largest absolute Gasteiger partial charge is 0.383 e. The number of urea groups is 1. The van der Waals surface area contributed by atoms with Crippen LogP contribution in [-0.4, -0.2) is 35.8 Å². The number of anilines is 2. The number of hydrogen-bond acceptors (Lipinski definition) is 5. The number of carbonyl (C=O) groups is 1. The summed E-state index contributed by atoms with van der Waals surface area (Å²) in [6, 6.07) is 7.04. The number of thiophene rings is 1. The number of aliphatic hydroxyl groups is 1. The standard InChI is InChI=1S/C17H22N4O2S/c1-17(23,14-7-5-11-24-14)12-19-16(22)20-13-6-4-8-18-15(13)21-9-2-3-10-21/h4-8,11,23H,2-3,9-10,12H2,1H3,(H2,19,20,22). The Labute approximate surface area is 145 Å². The molecule has 0 bridgehead atoms. The summed E-state index contributed by atoms with van der Waals surface area (Å²) < 4.78 is 0. The van der Waals surface area contributed by atoms with Crippen LogP contribution >= 0.6 is 11.3 Å². The average Bonchev–Trinajstić information content (AvgIpc) is 3.27. The molecular weight excluding hydrogens is 324 g/mol. The van der Waals surface area contributed by atoms with Crippen LogP contribution in [-0.2, 0) is 5.60 Å². The topological polar surface area (TPSA) is 77.5 Å². The van der Waals surface area contributed by atoms with Crippen LogP contribution in [0.3, 0.4) is 0 Å². The van der Waals surface area contributed by atoms with Gasteiger partial charge in [0.15, 0.2) is 5.82 Å². The Kier molecular flexibility index (Phi) is 5.01. The van der Waals surface area contributed by atoms with Crippen molar-refractivity contribution in [2.45, 2.75) is 25.4 Å². The first-order valence-corrected chi connectivity index (χ1v) is 8.95. The van der Waals surface area contributed by atoms with Gasteiger partial charge in [0.05, 0.1) is 12.2 Å². The number of nitrogens with zero attached hydrogens (tertiary/aromatic N) is 2. The van der Waals surface area contributed by atoms with Crippen molar-refractivity contribution in [3.8, 4) is 0 Å². The smallest absolute Gasteiger partial charge is 0.319 e. The monoisotopic (exact) mass is 346 g/mol. The Morgan fingerprint density at radius 2 is 2.17 bits per heavy atom. The molecule has 7 heteroatoms. The molecule has 1 aliphatic rings. The van der Waals surface area contributed by atoms with Crippen LogP contribution in [0.5, 0.6) is 0 Å². The molecule has 1 unspecified atom stereocenters. The molecule has 2 amide bonds. The number of rotatable bonds is 5.